The average Bonchev–Trinajstić information content (AvgIpc) is 2.06. The maximum Gasteiger partial charge on any atom is 0.306 e. The summed E-state index contributed by atoms with van der Waals surface area (Å²) in [6.45, 7) is 1.60. The number of nitro groups is 1. The minimum atomic E-state index is -3.66. The largest absolute Gasteiger partial charge is 0.382 e. The van der Waals surface area contributed by atoms with Crippen LogP contribution in [-0.2, 0) is 10.1 Å². The lowest BCUT2D eigenvalue weighted by molar-refractivity contribution is -0.384. The fourth-order valence-electron chi connectivity index (χ4n) is 0.955. The summed E-state index contributed by atoms with van der Waals surface area (Å²) in [5.41, 5.74) is 0.310. The first kappa shape index (κ1) is 11.4. The highest BCUT2D eigenvalue weighted by atomic mass is 32.2. The highest BCUT2D eigenvalue weighted by molar-refractivity contribution is 7.86. The van der Waals surface area contributed by atoms with Crippen LogP contribution >= 0.6 is 0 Å². The van der Waals surface area contributed by atoms with E-state index in [9.17, 15) is 18.5 Å². The van der Waals surface area contributed by atoms with Crippen LogP contribution in [0.4, 0.5) is 5.69 Å². The molecule has 0 fully saturated rings. The summed E-state index contributed by atoms with van der Waals surface area (Å²) in [5, 5.41) is 10.4. The molecule has 0 amide bonds. The van der Waals surface area contributed by atoms with E-state index in [2.05, 4.69) is 4.18 Å². The van der Waals surface area contributed by atoms with E-state index in [0.717, 1.165) is 12.3 Å². The van der Waals surface area contributed by atoms with Gasteiger partial charge in [0.15, 0.2) is 5.75 Å². The third-order valence-electron chi connectivity index (χ3n) is 1.62. The second-order valence-electron chi connectivity index (χ2n) is 2.99. The number of rotatable bonds is 3. The van der Waals surface area contributed by atoms with E-state index in [4.69, 9.17) is 0 Å². The Hall–Kier alpha value is -1.63. The molecule has 7 heteroatoms. The molecule has 82 valence electrons. The van der Waals surface area contributed by atoms with Crippen molar-refractivity contribution in [3.8, 4) is 5.75 Å². The second-order valence-corrected chi connectivity index (χ2v) is 4.57. The molecule has 0 atom stereocenters. The predicted octanol–water partition coefficient (Wildman–Crippen LogP) is 1.24. The molecule has 0 radical (unpaired) electrons. The zero-order valence-electron chi connectivity index (χ0n) is 8.13. The van der Waals surface area contributed by atoms with Crippen molar-refractivity contribution in [2.24, 2.45) is 0 Å². The van der Waals surface area contributed by atoms with E-state index in [1.54, 1.807) is 6.92 Å². The van der Waals surface area contributed by atoms with Crippen LogP contribution in [0.15, 0.2) is 18.2 Å². The predicted molar refractivity (Wildman–Crippen MR) is 53.3 cm³/mol. The van der Waals surface area contributed by atoms with Gasteiger partial charge in [0.25, 0.3) is 5.69 Å². The summed E-state index contributed by atoms with van der Waals surface area (Å²) in [5.74, 6) is -0.0216. The van der Waals surface area contributed by atoms with E-state index in [0.29, 0.717) is 5.56 Å². The minimum Gasteiger partial charge on any atom is -0.382 e. The van der Waals surface area contributed by atoms with Crippen molar-refractivity contribution in [2.75, 3.05) is 6.26 Å². The molecule has 1 rings (SSSR count). The van der Waals surface area contributed by atoms with Crippen molar-refractivity contribution < 1.29 is 17.5 Å². The fourth-order valence-corrected chi connectivity index (χ4v) is 1.46. The van der Waals surface area contributed by atoms with E-state index in [1.165, 1.54) is 12.1 Å². The van der Waals surface area contributed by atoms with Gasteiger partial charge in [-0.15, -0.1) is 0 Å². The molecular formula is C8H9NO5S. The summed E-state index contributed by atoms with van der Waals surface area (Å²) in [7, 11) is -3.66. The molecule has 0 aromatic heterocycles. The number of hydrogen-bond donors (Lipinski definition) is 0. The van der Waals surface area contributed by atoms with Crippen molar-refractivity contribution in [1.29, 1.82) is 0 Å². The number of benzene rings is 1. The number of non-ortho nitro benzene ring substituents is 1. The maximum atomic E-state index is 10.8. The molecule has 0 heterocycles. The Kier molecular flexibility index (Phi) is 2.94. The molecule has 0 N–H and O–H groups in total. The first-order valence-electron chi connectivity index (χ1n) is 3.94. The Bertz CT molecular complexity index is 494. The molecule has 1 aromatic rings. The molecule has 0 aliphatic rings. The van der Waals surface area contributed by atoms with Crippen LogP contribution in [0.5, 0.6) is 5.75 Å². The third kappa shape index (κ3) is 3.21. The van der Waals surface area contributed by atoms with Gasteiger partial charge in [-0.25, -0.2) is 0 Å². The lowest BCUT2D eigenvalue weighted by atomic mass is 10.2. The molecule has 0 spiro atoms. The van der Waals surface area contributed by atoms with Gasteiger partial charge in [-0.2, -0.15) is 8.42 Å². The van der Waals surface area contributed by atoms with Crippen molar-refractivity contribution >= 4 is 15.8 Å². The van der Waals surface area contributed by atoms with E-state index in [1.807, 2.05) is 0 Å². The zero-order valence-corrected chi connectivity index (χ0v) is 8.95. The van der Waals surface area contributed by atoms with Gasteiger partial charge in [0.1, 0.15) is 0 Å². The number of hydrogen-bond acceptors (Lipinski definition) is 5. The Morgan fingerprint density at radius 1 is 1.40 bits per heavy atom. The van der Waals surface area contributed by atoms with Crippen molar-refractivity contribution in [1.82, 2.24) is 0 Å². The SMILES string of the molecule is Cc1ccc([N+](=O)[O-])cc1OS(C)(=O)=O. The standard InChI is InChI=1S/C8H9NO5S/c1-6-3-4-7(9(10)11)5-8(6)14-15(2,12)13/h3-5H,1-2H3. The molecule has 15 heavy (non-hydrogen) atoms. The summed E-state index contributed by atoms with van der Waals surface area (Å²) in [6, 6.07) is 3.79. The topological polar surface area (TPSA) is 86.5 Å². The highest BCUT2D eigenvalue weighted by Crippen LogP contribution is 2.24. The fraction of sp³-hybridized carbons (Fsp3) is 0.250. The molecule has 0 bridgehead atoms. The van der Waals surface area contributed by atoms with Crippen molar-refractivity contribution in [3.63, 3.8) is 0 Å². The summed E-state index contributed by atoms with van der Waals surface area (Å²) in [4.78, 5) is 9.81. The smallest absolute Gasteiger partial charge is 0.306 e. The summed E-state index contributed by atoms with van der Waals surface area (Å²) >= 11 is 0. The summed E-state index contributed by atoms with van der Waals surface area (Å²) < 4.78 is 26.3. The Labute approximate surface area is 86.8 Å². The molecule has 0 saturated carbocycles. The van der Waals surface area contributed by atoms with Gasteiger partial charge in [-0.1, -0.05) is 0 Å². The van der Waals surface area contributed by atoms with Crippen LogP contribution in [0.3, 0.4) is 0 Å². The summed E-state index contributed by atoms with van der Waals surface area (Å²) in [6.07, 6.45) is 0.880. The van der Waals surface area contributed by atoms with E-state index in [-0.39, 0.29) is 11.4 Å². The van der Waals surface area contributed by atoms with Gasteiger partial charge in [0.05, 0.1) is 17.2 Å². The van der Waals surface area contributed by atoms with Crippen LogP contribution in [0, 0.1) is 17.0 Å². The lowest BCUT2D eigenvalue weighted by Crippen LogP contribution is -2.07. The normalized spacial score (nSPS) is 11.1. The third-order valence-corrected chi connectivity index (χ3v) is 2.11. The first-order chi connectivity index (χ1) is 6.79. The van der Waals surface area contributed by atoms with E-state index >= 15 is 0 Å². The zero-order chi connectivity index (χ0) is 11.6. The lowest BCUT2D eigenvalue weighted by Gasteiger charge is -2.05. The molecular weight excluding hydrogens is 222 g/mol. The van der Waals surface area contributed by atoms with Gasteiger partial charge in [-0.3, -0.25) is 10.1 Å². The van der Waals surface area contributed by atoms with E-state index < -0.39 is 15.0 Å². The van der Waals surface area contributed by atoms with Crippen molar-refractivity contribution in [3.05, 3.63) is 33.9 Å². The van der Waals surface area contributed by atoms with Crippen LogP contribution in [0.2, 0.25) is 0 Å². The molecule has 6 nitrogen and oxygen atoms in total. The Balaban J connectivity index is 3.17. The van der Waals surface area contributed by atoms with Gasteiger partial charge in [0, 0.05) is 6.07 Å². The number of aryl methyl sites for hydroxylation is 1. The second kappa shape index (κ2) is 3.85. The average molecular weight is 231 g/mol. The first-order valence-corrected chi connectivity index (χ1v) is 5.76. The highest BCUT2D eigenvalue weighted by Gasteiger charge is 2.13. The molecule has 0 aliphatic heterocycles. The maximum absolute atomic E-state index is 10.8. The Morgan fingerprint density at radius 2 is 2.00 bits per heavy atom. The van der Waals surface area contributed by atoms with Gasteiger partial charge in [-0.05, 0) is 18.6 Å². The van der Waals surface area contributed by atoms with Crippen molar-refractivity contribution in [2.45, 2.75) is 6.92 Å². The van der Waals surface area contributed by atoms with Crippen LogP contribution in [0.25, 0.3) is 0 Å². The number of nitro benzene ring substituents is 1. The van der Waals surface area contributed by atoms with Gasteiger partial charge < -0.3 is 4.18 Å². The van der Waals surface area contributed by atoms with Crippen LogP contribution in [0.1, 0.15) is 5.56 Å². The minimum absolute atomic E-state index is 0.0216. The number of nitrogens with zero attached hydrogens (tertiary/aromatic N) is 1. The van der Waals surface area contributed by atoms with Crippen LogP contribution in [-0.4, -0.2) is 19.6 Å². The van der Waals surface area contributed by atoms with Crippen LogP contribution < -0.4 is 4.18 Å². The molecule has 0 unspecified atom stereocenters. The van der Waals surface area contributed by atoms with Gasteiger partial charge >= 0.3 is 10.1 Å². The molecule has 0 aliphatic carbocycles. The quantitative estimate of drug-likeness (QED) is 0.443. The molecule has 0 saturated heterocycles. The van der Waals surface area contributed by atoms with Gasteiger partial charge in [0.2, 0.25) is 0 Å². The Morgan fingerprint density at radius 3 is 2.47 bits per heavy atom. The molecule has 1 aromatic carbocycles. The monoisotopic (exact) mass is 231 g/mol.